The number of sulfonamides is 1. The number of hydrogen-bond acceptors (Lipinski definition) is 4. The van der Waals surface area contributed by atoms with Gasteiger partial charge in [0.2, 0.25) is 0 Å². The summed E-state index contributed by atoms with van der Waals surface area (Å²) in [5.41, 5.74) is 2.03. The number of aryl methyl sites for hydroxylation is 1. The minimum absolute atomic E-state index is 0.0744. The van der Waals surface area contributed by atoms with Crippen molar-refractivity contribution >= 4 is 27.2 Å². The van der Waals surface area contributed by atoms with Gasteiger partial charge in [-0.2, -0.15) is 5.10 Å². The molecule has 29 heavy (non-hydrogen) atoms. The van der Waals surface area contributed by atoms with E-state index in [4.69, 9.17) is 0 Å². The number of anilines is 1. The number of benzene rings is 2. The van der Waals surface area contributed by atoms with E-state index in [1.165, 1.54) is 22.1 Å². The van der Waals surface area contributed by atoms with E-state index >= 15 is 0 Å². The lowest BCUT2D eigenvalue weighted by atomic mass is 10.2. The monoisotopic (exact) mass is 431 g/mol. The topological polar surface area (TPSA) is 64.0 Å². The van der Waals surface area contributed by atoms with Crippen molar-refractivity contribution < 1.29 is 17.2 Å². The first-order chi connectivity index (χ1) is 13.9. The number of thiophene rings is 1. The van der Waals surface area contributed by atoms with Crippen LogP contribution in [0.1, 0.15) is 5.56 Å². The first kappa shape index (κ1) is 19.3. The normalized spacial score (nSPS) is 11.6. The van der Waals surface area contributed by atoms with Gasteiger partial charge in [-0.15, -0.1) is 11.3 Å². The van der Waals surface area contributed by atoms with E-state index in [-0.39, 0.29) is 5.82 Å². The number of hydrogen-bond donors (Lipinski definition) is 1. The van der Waals surface area contributed by atoms with Gasteiger partial charge in [0.05, 0.1) is 10.6 Å². The summed E-state index contributed by atoms with van der Waals surface area (Å²) in [6, 6.07) is 15.4. The highest BCUT2D eigenvalue weighted by Crippen LogP contribution is 2.30. The Morgan fingerprint density at radius 1 is 1.00 bits per heavy atom. The Balaban J connectivity index is 1.86. The Morgan fingerprint density at radius 2 is 1.72 bits per heavy atom. The summed E-state index contributed by atoms with van der Waals surface area (Å²) in [7, 11) is -4.53. The quantitative estimate of drug-likeness (QED) is 0.484. The molecule has 2 heterocycles. The number of rotatable bonds is 5. The third kappa shape index (κ3) is 3.66. The summed E-state index contributed by atoms with van der Waals surface area (Å²) in [6.07, 6.45) is 0. The second-order valence-electron chi connectivity index (χ2n) is 6.25. The van der Waals surface area contributed by atoms with Crippen molar-refractivity contribution in [2.24, 2.45) is 0 Å². The first-order valence-electron chi connectivity index (χ1n) is 8.53. The van der Waals surface area contributed by atoms with Crippen molar-refractivity contribution in [2.45, 2.75) is 11.8 Å². The summed E-state index contributed by atoms with van der Waals surface area (Å²) in [4.78, 5) is -0.204. The second kappa shape index (κ2) is 7.41. The van der Waals surface area contributed by atoms with Crippen molar-refractivity contribution in [1.82, 2.24) is 9.78 Å². The summed E-state index contributed by atoms with van der Waals surface area (Å²) in [5.74, 6) is -2.26. The van der Waals surface area contributed by atoms with E-state index in [0.717, 1.165) is 28.6 Å². The molecule has 0 saturated heterocycles. The fourth-order valence-electron chi connectivity index (χ4n) is 2.91. The van der Waals surface area contributed by atoms with Crippen LogP contribution in [0.25, 0.3) is 16.3 Å². The zero-order chi connectivity index (χ0) is 20.6. The van der Waals surface area contributed by atoms with Gasteiger partial charge in [-0.05, 0) is 42.1 Å². The molecule has 0 atom stereocenters. The van der Waals surface area contributed by atoms with E-state index in [2.05, 4.69) is 9.82 Å². The lowest BCUT2D eigenvalue weighted by molar-refractivity contribution is 0.521. The molecule has 4 rings (SSSR count). The van der Waals surface area contributed by atoms with Crippen molar-refractivity contribution in [2.75, 3.05) is 4.72 Å². The number of nitrogens with zero attached hydrogens (tertiary/aromatic N) is 2. The highest BCUT2D eigenvalue weighted by molar-refractivity contribution is 7.92. The summed E-state index contributed by atoms with van der Waals surface area (Å²) in [6.45, 7) is 1.86. The largest absolute Gasteiger partial charge is 0.268 e. The molecular weight excluding hydrogens is 416 g/mol. The molecule has 2 aromatic heterocycles. The number of aromatic nitrogens is 2. The number of nitrogens with one attached hydrogen (secondary N) is 1. The standard InChI is InChI=1S/C20H15F2N3O2S2/c1-13-6-2-3-9-17(13)25-19(12-16(23-25)18-10-5-11-28-18)24-29(26,27)20-14(21)7-4-8-15(20)22/h2-12,24H,1H3. The molecule has 0 amide bonds. The molecular formula is C20H15F2N3O2S2. The highest BCUT2D eigenvalue weighted by Gasteiger charge is 2.26. The number of para-hydroxylation sites is 1. The second-order valence-corrected chi connectivity index (χ2v) is 8.81. The molecule has 0 unspecified atom stereocenters. The van der Waals surface area contributed by atoms with Crippen LogP contribution in [-0.4, -0.2) is 18.2 Å². The number of halogens is 2. The molecule has 0 bridgehead atoms. The first-order valence-corrected chi connectivity index (χ1v) is 10.9. The summed E-state index contributed by atoms with van der Waals surface area (Å²) >= 11 is 1.44. The van der Waals surface area contributed by atoms with Gasteiger partial charge in [0.1, 0.15) is 23.1 Å². The summed E-state index contributed by atoms with van der Waals surface area (Å²) in [5, 5.41) is 6.39. The van der Waals surface area contributed by atoms with Crippen molar-refractivity contribution in [3.63, 3.8) is 0 Å². The van der Waals surface area contributed by atoms with Crippen LogP contribution in [0.15, 0.2) is 70.9 Å². The average Bonchev–Trinajstić information content (AvgIpc) is 3.31. The molecule has 2 aromatic carbocycles. The summed E-state index contributed by atoms with van der Waals surface area (Å²) < 4.78 is 57.4. The van der Waals surface area contributed by atoms with E-state index < -0.39 is 26.6 Å². The zero-order valence-electron chi connectivity index (χ0n) is 15.1. The predicted octanol–water partition coefficient (Wildman–Crippen LogP) is 4.99. The van der Waals surface area contributed by atoms with Gasteiger partial charge in [-0.1, -0.05) is 30.3 Å². The molecule has 4 aromatic rings. The van der Waals surface area contributed by atoms with Crippen LogP contribution in [0.4, 0.5) is 14.6 Å². The molecule has 1 N–H and O–H groups in total. The van der Waals surface area contributed by atoms with Crippen LogP contribution < -0.4 is 4.72 Å². The van der Waals surface area contributed by atoms with E-state index in [9.17, 15) is 17.2 Å². The maximum atomic E-state index is 14.1. The lowest BCUT2D eigenvalue weighted by Gasteiger charge is -2.13. The highest BCUT2D eigenvalue weighted by atomic mass is 32.2. The Hall–Kier alpha value is -3.04. The van der Waals surface area contributed by atoms with Gasteiger partial charge in [0, 0.05) is 6.07 Å². The van der Waals surface area contributed by atoms with E-state index in [0.29, 0.717) is 11.4 Å². The average molecular weight is 431 g/mol. The molecule has 0 aliphatic carbocycles. The smallest absolute Gasteiger partial charge is 0.263 e. The van der Waals surface area contributed by atoms with Gasteiger partial charge < -0.3 is 0 Å². The minimum atomic E-state index is -4.53. The third-order valence-electron chi connectivity index (χ3n) is 4.25. The molecule has 0 radical (unpaired) electrons. The third-order valence-corrected chi connectivity index (χ3v) is 6.55. The van der Waals surface area contributed by atoms with Crippen LogP contribution in [0.5, 0.6) is 0 Å². The van der Waals surface area contributed by atoms with E-state index in [1.807, 2.05) is 36.6 Å². The van der Waals surface area contributed by atoms with Gasteiger partial charge >= 0.3 is 0 Å². The SMILES string of the molecule is Cc1ccccc1-n1nc(-c2cccs2)cc1NS(=O)(=O)c1c(F)cccc1F. The molecule has 0 saturated carbocycles. The Kier molecular flexibility index (Phi) is 4.93. The van der Waals surface area contributed by atoms with Crippen molar-refractivity contribution in [3.8, 4) is 16.3 Å². The van der Waals surface area contributed by atoms with Crippen LogP contribution in [0, 0.1) is 18.6 Å². The molecule has 0 spiro atoms. The molecule has 0 fully saturated rings. The maximum absolute atomic E-state index is 14.1. The Morgan fingerprint density at radius 3 is 2.38 bits per heavy atom. The molecule has 148 valence electrons. The lowest BCUT2D eigenvalue weighted by Crippen LogP contribution is -2.18. The fraction of sp³-hybridized carbons (Fsp3) is 0.0500. The van der Waals surface area contributed by atoms with Gasteiger partial charge in [0.25, 0.3) is 10.0 Å². The van der Waals surface area contributed by atoms with Gasteiger partial charge in [-0.3, -0.25) is 4.72 Å². The predicted molar refractivity (Wildman–Crippen MR) is 109 cm³/mol. The molecule has 0 aliphatic heterocycles. The Labute approximate surface area is 170 Å². The van der Waals surface area contributed by atoms with E-state index in [1.54, 1.807) is 12.1 Å². The van der Waals surface area contributed by atoms with Gasteiger partial charge in [0.15, 0.2) is 4.90 Å². The minimum Gasteiger partial charge on any atom is -0.263 e. The molecule has 9 heteroatoms. The van der Waals surface area contributed by atoms with Crippen LogP contribution in [0.3, 0.4) is 0 Å². The molecule has 0 aliphatic rings. The van der Waals surface area contributed by atoms with Crippen molar-refractivity contribution in [3.05, 3.63) is 83.2 Å². The zero-order valence-corrected chi connectivity index (χ0v) is 16.8. The Bertz CT molecular complexity index is 1260. The van der Waals surface area contributed by atoms with Crippen molar-refractivity contribution in [1.29, 1.82) is 0 Å². The van der Waals surface area contributed by atoms with Crippen LogP contribution in [0.2, 0.25) is 0 Å². The molecule has 5 nitrogen and oxygen atoms in total. The van der Waals surface area contributed by atoms with Gasteiger partial charge in [-0.25, -0.2) is 21.9 Å². The fourth-order valence-corrected chi connectivity index (χ4v) is 4.76. The maximum Gasteiger partial charge on any atom is 0.268 e. The van der Waals surface area contributed by atoms with Crippen LogP contribution in [-0.2, 0) is 10.0 Å². The van der Waals surface area contributed by atoms with Crippen LogP contribution >= 0.6 is 11.3 Å².